The highest BCUT2D eigenvalue weighted by Crippen LogP contribution is 2.30. The van der Waals surface area contributed by atoms with Crippen molar-refractivity contribution in [2.75, 3.05) is 0 Å². The fraction of sp³-hybridized carbons (Fsp3) is 0.333. The third kappa shape index (κ3) is 3.65. The van der Waals surface area contributed by atoms with Gasteiger partial charge in [-0.2, -0.15) is 0 Å². The summed E-state index contributed by atoms with van der Waals surface area (Å²) in [5.74, 6) is -0.632. The molecule has 1 fully saturated rings. The van der Waals surface area contributed by atoms with Crippen LogP contribution in [0.5, 0.6) is 0 Å². The van der Waals surface area contributed by atoms with Gasteiger partial charge in [0.2, 0.25) is 11.8 Å². The molecule has 0 bridgehead atoms. The van der Waals surface area contributed by atoms with Crippen LogP contribution in [0.4, 0.5) is 5.69 Å². The number of nitrogens with zero attached hydrogens (tertiary/aromatic N) is 2. The standard InChI is InChI=1S/C24H25N3O3/c1-14(2)22(25-19-7-5-4-6-15(19)3)16-8-9-18-17(12-16)13-27(24(18)30)20-10-11-21(28)26-23(20)29/h4-9,12,14,20H,10-11,13H2,1-3H3,(H,26,28,29). The molecule has 2 aromatic rings. The van der Waals surface area contributed by atoms with Gasteiger partial charge in [0.15, 0.2) is 0 Å². The zero-order chi connectivity index (χ0) is 21.4. The quantitative estimate of drug-likeness (QED) is 0.627. The van der Waals surface area contributed by atoms with Gasteiger partial charge in [-0.05, 0) is 54.2 Å². The van der Waals surface area contributed by atoms with Crippen LogP contribution in [0.1, 0.15) is 53.7 Å². The first kappa shape index (κ1) is 20.0. The van der Waals surface area contributed by atoms with E-state index in [4.69, 9.17) is 4.99 Å². The molecule has 2 aliphatic heterocycles. The SMILES string of the molecule is Cc1ccccc1N=C(c1ccc2c(c1)CN(C1CCC(=O)NC1=O)C2=O)C(C)C. The average molecular weight is 403 g/mol. The van der Waals surface area contributed by atoms with Crippen molar-refractivity contribution in [1.29, 1.82) is 0 Å². The second kappa shape index (κ2) is 7.86. The normalized spacial score (nSPS) is 19.3. The minimum Gasteiger partial charge on any atom is -0.322 e. The first-order chi connectivity index (χ1) is 14.3. The molecule has 0 aromatic heterocycles. The van der Waals surface area contributed by atoms with E-state index in [1.807, 2.05) is 49.4 Å². The Kier molecular flexibility index (Phi) is 5.24. The summed E-state index contributed by atoms with van der Waals surface area (Å²) >= 11 is 0. The molecule has 4 rings (SSSR count). The van der Waals surface area contributed by atoms with Gasteiger partial charge in [-0.15, -0.1) is 0 Å². The average Bonchev–Trinajstić information content (AvgIpc) is 3.03. The van der Waals surface area contributed by atoms with Crippen molar-refractivity contribution in [2.45, 2.75) is 46.2 Å². The molecule has 2 heterocycles. The van der Waals surface area contributed by atoms with Crippen LogP contribution in [0.2, 0.25) is 0 Å². The van der Waals surface area contributed by atoms with Gasteiger partial charge in [-0.25, -0.2) is 0 Å². The maximum atomic E-state index is 12.9. The van der Waals surface area contributed by atoms with Crippen molar-refractivity contribution in [3.63, 3.8) is 0 Å². The number of para-hydroxylation sites is 1. The summed E-state index contributed by atoms with van der Waals surface area (Å²) in [5, 5.41) is 2.34. The number of hydrogen-bond acceptors (Lipinski definition) is 4. The molecule has 1 saturated heterocycles. The molecular weight excluding hydrogens is 378 g/mol. The van der Waals surface area contributed by atoms with E-state index in [-0.39, 0.29) is 24.2 Å². The summed E-state index contributed by atoms with van der Waals surface area (Å²) in [7, 11) is 0. The number of rotatable bonds is 4. The number of hydrogen-bond donors (Lipinski definition) is 1. The van der Waals surface area contributed by atoms with Crippen molar-refractivity contribution < 1.29 is 14.4 Å². The van der Waals surface area contributed by atoms with Crippen LogP contribution >= 0.6 is 0 Å². The Morgan fingerprint density at radius 1 is 1.13 bits per heavy atom. The molecule has 1 N–H and O–H groups in total. The monoisotopic (exact) mass is 403 g/mol. The Bertz CT molecular complexity index is 1070. The Morgan fingerprint density at radius 2 is 1.90 bits per heavy atom. The Hall–Kier alpha value is -3.28. The summed E-state index contributed by atoms with van der Waals surface area (Å²) in [6.45, 7) is 6.61. The summed E-state index contributed by atoms with van der Waals surface area (Å²) in [5.41, 5.74) is 5.48. The minimum atomic E-state index is -0.601. The number of fused-ring (bicyclic) bond motifs is 1. The number of aryl methyl sites for hydroxylation is 1. The summed E-state index contributed by atoms with van der Waals surface area (Å²) in [6.07, 6.45) is 0.617. The third-order valence-electron chi connectivity index (χ3n) is 5.72. The van der Waals surface area contributed by atoms with E-state index in [2.05, 4.69) is 19.2 Å². The molecule has 0 aliphatic carbocycles. The highest BCUT2D eigenvalue weighted by molar-refractivity contribution is 6.07. The van der Waals surface area contributed by atoms with Crippen LogP contribution in [-0.4, -0.2) is 34.4 Å². The molecule has 1 atom stereocenters. The van der Waals surface area contributed by atoms with Crippen molar-refractivity contribution in [2.24, 2.45) is 10.9 Å². The van der Waals surface area contributed by atoms with Crippen LogP contribution < -0.4 is 5.32 Å². The number of nitrogens with one attached hydrogen (secondary N) is 1. The van der Waals surface area contributed by atoms with Crippen LogP contribution in [0, 0.1) is 12.8 Å². The number of imide groups is 1. The second-order valence-electron chi connectivity index (χ2n) is 8.21. The Balaban J connectivity index is 1.65. The maximum Gasteiger partial charge on any atom is 0.255 e. The van der Waals surface area contributed by atoms with Crippen molar-refractivity contribution in [3.8, 4) is 0 Å². The summed E-state index contributed by atoms with van der Waals surface area (Å²) < 4.78 is 0. The number of carbonyl (C=O) groups excluding carboxylic acids is 3. The maximum absolute atomic E-state index is 12.9. The second-order valence-corrected chi connectivity index (χ2v) is 8.21. The number of aliphatic imine (C=N–C) groups is 1. The molecule has 2 aliphatic rings. The van der Waals surface area contributed by atoms with E-state index in [1.165, 1.54) is 0 Å². The number of piperidine rings is 1. The lowest BCUT2D eigenvalue weighted by Crippen LogP contribution is -2.52. The Morgan fingerprint density at radius 3 is 2.60 bits per heavy atom. The molecule has 6 nitrogen and oxygen atoms in total. The highest BCUT2D eigenvalue weighted by atomic mass is 16.2. The molecule has 154 valence electrons. The van der Waals surface area contributed by atoms with Gasteiger partial charge in [0.1, 0.15) is 6.04 Å². The number of amides is 3. The smallest absolute Gasteiger partial charge is 0.255 e. The van der Waals surface area contributed by atoms with Gasteiger partial charge in [-0.3, -0.25) is 24.7 Å². The summed E-state index contributed by atoms with van der Waals surface area (Å²) in [6, 6.07) is 13.2. The van der Waals surface area contributed by atoms with Crippen LogP contribution in [0.25, 0.3) is 0 Å². The van der Waals surface area contributed by atoms with Gasteiger partial charge in [0, 0.05) is 18.5 Å². The number of carbonyl (C=O) groups is 3. The first-order valence-corrected chi connectivity index (χ1v) is 10.3. The Labute approximate surface area is 176 Å². The van der Waals surface area contributed by atoms with Gasteiger partial charge >= 0.3 is 0 Å². The van der Waals surface area contributed by atoms with Crippen LogP contribution in [0.3, 0.4) is 0 Å². The molecule has 1 unspecified atom stereocenters. The molecule has 0 spiro atoms. The van der Waals surface area contributed by atoms with Crippen molar-refractivity contribution >= 4 is 29.1 Å². The molecule has 2 aromatic carbocycles. The fourth-order valence-corrected chi connectivity index (χ4v) is 4.08. The van der Waals surface area contributed by atoms with Gasteiger partial charge in [0.25, 0.3) is 5.91 Å². The lowest BCUT2D eigenvalue weighted by molar-refractivity contribution is -0.136. The molecular formula is C24H25N3O3. The topological polar surface area (TPSA) is 78.8 Å². The van der Waals surface area contributed by atoms with Gasteiger partial charge in [-0.1, -0.05) is 38.1 Å². The minimum absolute atomic E-state index is 0.159. The van der Waals surface area contributed by atoms with Crippen molar-refractivity contribution in [3.05, 3.63) is 64.7 Å². The largest absolute Gasteiger partial charge is 0.322 e. The van der Waals surface area contributed by atoms with E-state index >= 15 is 0 Å². The predicted molar refractivity (Wildman–Crippen MR) is 115 cm³/mol. The molecule has 6 heteroatoms. The molecule has 30 heavy (non-hydrogen) atoms. The fourth-order valence-electron chi connectivity index (χ4n) is 4.08. The van der Waals surface area contributed by atoms with Gasteiger partial charge in [0.05, 0.1) is 11.4 Å². The third-order valence-corrected chi connectivity index (χ3v) is 5.72. The van der Waals surface area contributed by atoms with E-state index in [0.717, 1.165) is 28.1 Å². The lowest BCUT2D eigenvalue weighted by atomic mass is 9.96. The molecule has 3 amide bonds. The van der Waals surface area contributed by atoms with E-state index in [0.29, 0.717) is 18.5 Å². The lowest BCUT2D eigenvalue weighted by Gasteiger charge is -2.29. The predicted octanol–water partition coefficient (Wildman–Crippen LogP) is 3.53. The van der Waals surface area contributed by atoms with Crippen molar-refractivity contribution in [1.82, 2.24) is 10.2 Å². The molecule has 0 radical (unpaired) electrons. The summed E-state index contributed by atoms with van der Waals surface area (Å²) in [4.78, 5) is 43.1. The zero-order valence-corrected chi connectivity index (χ0v) is 17.4. The number of benzene rings is 2. The first-order valence-electron chi connectivity index (χ1n) is 10.3. The highest BCUT2D eigenvalue weighted by Gasteiger charge is 2.39. The molecule has 0 saturated carbocycles. The van der Waals surface area contributed by atoms with E-state index in [9.17, 15) is 14.4 Å². The van der Waals surface area contributed by atoms with Crippen LogP contribution in [-0.2, 0) is 16.1 Å². The zero-order valence-electron chi connectivity index (χ0n) is 17.4. The van der Waals surface area contributed by atoms with E-state index in [1.54, 1.807) is 4.90 Å². The van der Waals surface area contributed by atoms with Gasteiger partial charge < -0.3 is 4.90 Å². The van der Waals surface area contributed by atoms with Crippen LogP contribution in [0.15, 0.2) is 47.5 Å². The van der Waals surface area contributed by atoms with E-state index < -0.39 is 11.9 Å².